The number of rotatable bonds is 4. The molecule has 0 radical (unpaired) electrons. The van der Waals surface area contributed by atoms with Crippen LogP contribution in [0, 0.1) is 5.92 Å². The fourth-order valence-corrected chi connectivity index (χ4v) is 1.97. The fourth-order valence-electron chi connectivity index (χ4n) is 1.97. The second-order valence-corrected chi connectivity index (χ2v) is 4.02. The van der Waals surface area contributed by atoms with Crippen molar-refractivity contribution in [2.24, 2.45) is 5.92 Å². The number of carboxylic acid groups (broad SMARTS) is 1. The summed E-state index contributed by atoms with van der Waals surface area (Å²) >= 11 is 0. The number of carbonyl (C=O) groups excluding carboxylic acids is 1. The Labute approximate surface area is 99.4 Å². The average molecular weight is 246 g/mol. The summed E-state index contributed by atoms with van der Waals surface area (Å²) in [6.07, 6.45) is -0.0743. The molecule has 1 rings (SSSR count). The van der Waals surface area contributed by atoms with Gasteiger partial charge in [0.25, 0.3) is 0 Å². The number of aliphatic hydroxyl groups is 1. The van der Waals surface area contributed by atoms with Gasteiger partial charge in [0, 0.05) is 25.7 Å². The van der Waals surface area contributed by atoms with Gasteiger partial charge in [-0.25, -0.2) is 4.79 Å². The molecule has 0 spiro atoms. The Morgan fingerprint density at radius 3 is 2.71 bits per heavy atom. The minimum absolute atomic E-state index is 0.0214. The number of nitrogens with one attached hydrogen (secondary N) is 1. The second kappa shape index (κ2) is 6.41. The van der Waals surface area contributed by atoms with E-state index in [9.17, 15) is 9.59 Å². The Kier molecular flexibility index (Phi) is 5.17. The van der Waals surface area contributed by atoms with Gasteiger partial charge in [-0.3, -0.25) is 4.79 Å². The Morgan fingerprint density at radius 2 is 2.18 bits per heavy atom. The van der Waals surface area contributed by atoms with Crippen molar-refractivity contribution in [1.29, 1.82) is 0 Å². The Bertz CT molecular complexity index is 284. The number of carbonyl (C=O) groups is 2. The molecule has 2 atom stereocenters. The smallest absolute Gasteiger partial charge is 0.409 e. The number of piperidine rings is 1. The molecular weight excluding hydrogens is 228 g/mol. The van der Waals surface area contributed by atoms with Gasteiger partial charge in [0.15, 0.2) is 0 Å². The zero-order valence-corrected chi connectivity index (χ0v) is 9.76. The molecule has 1 heterocycles. The lowest BCUT2D eigenvalue weighted by Crippen LogP contribution is -2.53. The number of likely N-dealkylation sites (tertiary alicyclic amines) is 1. The van der Waals surface area contributed by atoms with Crippen molar-refractivity contribution < 1.29 is 24.5 Å². The number of hydrogen-bond donors (Lipinski definition) is 3. The van der Waals surface area contributed by atoms with Crippen LogP contribution in [0.3, 0.4) is 0 Å². The predicted molar refractivity (Wildman–Crippen MR) is 58.6 cm³/mol. The van der Waals surface area contributed by atoms with Crippen LogP contribution in [0.2, 0.25) is 0 Å². The number of ether oxygens (including phenoxy) is 1. The lowest BCUT2D eigenvalue weighted by Gasteiger charge is -2.35. The molecule has 98 valence electrons. The number of aliphatic carboxylic acids is 1. The van der Waals surface area contributed by atoms with Gasteiger partial charge in [0.1, 0.15) is 0 Å². The summed E-state index contributed by atoms with van der Waals surface area (Å²) in [5, 5.41) is 20.7. The van der Waals surface area contributed by atoms with Gasteiger partial charge in [0.2, 0.25) is 0 Å². The standard InChI is InChI=1S/C10H18N2O5/c1-17-10(16)12-5-7(9(14)15)4-8(6-12)11-2-3-13/h7-8,11,13H,2-6H2,1H3,(H,14,15). The van der Waals surface area contributed by atoms with Crippen LogP contribution >= 0.6 is 0 Å². The normalized spacial score (nSPS) is 24.5. The third kappa shape index (κ3) is 3.86. The van der Waals surface area contributed by atoms with Crippen molar-refractivity contribution in [3.05, 3.63) is 0 Å². The molecule has 7 heteroatoms. The van der Waals surface area contributed by atoms with Gasteiger partial charge in [-0.15, -0.1) is 0 Å². The molecule has 0 aromatic carbocycles. The van der Waals surface area contributed by atoms with E-state index in [2.05, 4.69) is 10.1 Å². The first-order chi connectivity index (χ1) is 8.08. The maximum atomic E-state index is 11.4. The molecule has 1 amide bonds. The minimum atomic E-state index is -0.922. The van der Waals surface area contributed by atoms with Crippen molar-refractivity contribution in [2.45, 2.75) is 12.5 Å². The highest BCUT2D eigenvalue weighted by molar-refractivity contribution is 5.73. The molecule has 7 nitrogen and oxygen atoms in total. The van der Waals surface area contributed by atoms with Gasteiger partial charge in [-0.05, 0) is 6.42 Å². The molecule has 0 bridgehead atoms. The molecule has 0 aromatic heterocycles. The molecule has 2 unspecified atom stereocenters. The lowest BCUT2D eigenvalue weighted by molar-refractivity contribution is -0.143. The summed E-state index contributed by atoms with van der Waals surface area (Å²) < 4.78 is 4.59. The van der Waals surface area contributed by atoms with E-state index in [1.54, 1.807) is 0 Å². The van der Waals surface area contributed by atoms with Crippen molar-refractivity contribution in [3.63, 3.8) is 0 Å². The summed E-state index contributed by atoms with van der Waals surface area (Å²) in [6.45, 7) is 0.925. The van der Waals surface area contributed by atoms with E-state index in [1.807, 2.05) is 0 Å². The van der Waals surface area contributed by atoms with Crippen molar-refractivity contribution >= 4 is 12.1 Å². The van der Waals surface area contributed by atoms with E-state index < -0.39 is 18.0 Å². The monoisotopic (exact) mass is 246 g/mol. The van der Waals surface area contributed by atoms with Gasteiger partial charge in [-0.2, -0.15) is 0 Å². The first-order valence-corrected chi connectivity index (χ1v) is 5.48. The van der Waals surface area contributed by atoms with Crippen LogP contribution in [0.5, 0.6) is 0 Å². The molecule has 1 fully saturated rings. The third-order valence-corrected chi connectivity index (χ3v) is 2.78. The van der Waals surface area contributed by atoms with E-state index >= 15 is 0 Å². The zero-order chi connectivity index (χ0) is 12.8. The summed E-state index contributed by atoms with van der Waals surface area (Å²) in [5.74, 6) is -1.52. The summed E-state index contributed by atoms with van der Waals surface area (Å²) in [7, 11) is 1.27. The van der Waals surface area contributed by atoms with Gasteiger partial charge in [0.05, 0.1) is 19.6 Å². The Balaban J connectivity index is 2.62. The predicted octanol–water partition coefficient (Wildman–Crippen LogP) is -0.890. The summed E-state index contributed by atoms with van der Waals surface area (Å²) in [4.78, 5) is 23.7. The molecule has 0 aliphatic carbocycles. The van der Waals surface area contributed by atoms with Crippen LogP contribution in [0.4, 0.5) is 4.79 Å². The highest BCUT2D eigenvalue weighted by atomic mass is 16.5. The Morgan fingerprint density at radius 1 is 1.47 bits per heavy atom. The maximum absolute atomic E-state index is 11.4. The van der Waals surface area contributed by atoms with Crippen LogP contribution in [0.15, 0.2) is 0 Å². The first-order valence-electron chi connectivity index (χ1n) is 5.48. The van der Waals surface area contributed by atoms with Crippen LogP contribution in [0.1, 0.15) is 6.42 Å². The van der Waals surface area contributed by atoms with E-state index in [4.69, 9.17) is 10.2 Å². The van der Waals surface area contributed by atoms with Gasteiger partial charge >= 0.3 is 12.1 Å². The number of aliphatic hydroxyl groups excluding tert-OH is 1. The number of methoxy groups -OCH3 is 1. The van der Waals surface area contributed by atoms with E-state index in [0.29, 0.717) is 19.5 Å². The number of hydrogen-bond acceptors (Lipinski definition) is 5. The summed E-state index contributed by atoms with van der Waals surface area (Å²) in [6, 6.07) is -0.129. The molecule has 17 heavy (non-hydrogen) atoms. The zero-order valence-electron chi connectivity index (χ0n) is 9.76. The fraction of sp³-hybridized carbons (Fsp3) is 0.800. The van der Waals surface area contributed by atoms with Crippen molar-refractivity contribution in [1.82, 2.24) is 10.2 Å². The van der Waals surface area contributed by atoms with E-state index in [-0.39, 0.29) is 19.2 Å². The number of nitrogens with zero attached hydrogens (tertiary/aromatic N) is 1. The molecule has 1 aliphatic rings. The maximum Gasteiger partial charge on any atom is 0.409 e. The molecular formula is C10H18N2O5. The molecule has 0 aromatic rings. The molecule has 1 aliphatic heterocycles. The first kappa shape index (κ1) is 13.7. The quantitative estimate of drug-likeness (QED) is 0.595. The van der Waals surface area contributed by atoms with Crippen molar-refractivity contribution in [2.75, 3.05) is 33.4 Å². The van der Waals surface area contributed by atoms with Crippen LogP contribution < -0.4 is 5.32 Å². The van der Waals surface area contributed by atoms with Gasteiger partial charge < -0.3 is 25.2 Å². The lowest BCUT2D eigenvalue weighted by atomic mass is 9.94. The van der Waals surface area contributed by atoms with Crippen LogP contribution in [0.25, 0.3) is 0 Å². The minimum Gasteiger partial charge on any atom is -0.481 e. The largest absolute Gasteiger partial charge is 0.481 e. The average Bonchev–Trinajstić information content (AvgIpc) is 2.34. The molecule has 1 saturated heterocycles. The molecule has 3 N–H and O–H groups in total. The summed E-state index contributed by atoms with van der Waals surface area (Å²) in [5.41, 5.74) is 0. The second-order valence-electron chi connectivity index (χ2n) is 4.02. The van der Waals surface area contributed by atoms with E-state index in [0.717, 1.165) is 0 Å². The highest BCUT2D eigenvalue weighted by Gasteiger charge is 2.33. The number of amides is 1. The van der Waals surface area contributed by atoms with Gasteiger partial charge in [-0.1, -0.05) is 0 Å². The van der Waals surface area contributed by atoms with Crippen LogP contribution in [-0.4, -0.2) is 66.6 Å². The third-order valence-electron chi connectivity index (χ3n) is 2.78. The topological polar surface area (TPSA) is 99.1 Å². The SMILES string of the molecule is COC(=O)N1CC(NCCO)CC(C(=O)O)C1. The van der Waals surface area contributed by atoms with Crippen molar-refractivity contribution in [3.8, 4) is 0 Å². The highest BCUT2D eigenvalue weighted by Crippen LogP contribution is 2.17. The number of carboxylic acids is 1. The van der Waals surface area contributed by atoms with E-state index in [1.165, 1.54) is 12.0 Å². The molecule has 0 saturated carbocycles. The Hall–Kier alpha value is -1.34. The van der Waals surface area contributed by atoms with Crippen LogP contribution in [-0.2, 0) is 9.53 Å².